The molecular formula is C9H5BrClNO. The first-order valence-electron chi connectivity index (χ1n) is 3.64. The van der Waals surface area contributed by atoms with E-state index in [2.05, 4.69) is 21.1 Å². The summed E-state index contributed by atoms with van der Waals surface area (Å²) < 4.78 is 5.86. The number of hydrogen-bond donors (Lipinski definition) is 0. The molecule has 1 aromatic carbocycles. The number of halogens is 2. The average Bonchev–Trinajstić information content (AvgIpc) is 2.52. The number of benzene rings is 1. The monoisotopic (exact) mass is 257 g/mol. The number of nitrogens with zero attached hydrogens (tertiary/aromatic N) is 1. The third kappa shape index (κ3) is 1.62. The fourth-order valence-electron chi connectivity index (χ4n) is 1.05. The molecule has 0 bridgehead atoms. The van der Waals surface area contributed by atoms with E-state index in [-0.39, 0.29) is 0 Å². The molecule has 0 saturated carbocycles. The van der Waals surface area contributed by atoms with Gasteiger partial charge < -0.3 is 4.52 Å². The maximum absolute atomic E-state index is 5.98. The number of hydrogen-bond acceptors (Lipinski definition) is 2. The highest BCUT2D eigenvalue weighted by Crippen LogP contribution is 2.32. The summed E-state index contributed by atoms with van der Waals surface area (Å²) in [6.45, 7) is 0. The molecule has 0 amide bonds. The molecule has 4 heteroatoms. The van der Waals surface area contributed by atoms with Gasteiger partial charge in [-0.05, 0) is 28.1 Å². The molecule has 0 aliphatic rings. The van der Waals surface area contributed by atoms with Gasteiger partial charge in [-0.15, -0.1) is 0 Å². The van der Waals surface area contributed by atoms with E-state index in [1.54, 1.807) is 6.20 Å². The summed E-state index contributed by atoms with van der Waals surface area (Å²) >= 11 is 9.30. The molecule has 0 radical (unpaired) electrons. The van der Waals surface area contributed by atoms with Gasteiger partial charge in [-0.2, -0.15) is 0 Å². The van der Waals surface area contributed by atoms with E-state index in [0.29, 0.717) is 10.8 Å². The van der Waals surface area contributed by atoms with Crippen LogP contribution in [0.1, 0.15) is 0 Å². The Hall–Kier alpha value is -0.800. The van der Waals surface area contributed by atoms with E-state index in [4.69, 9.17) is 16.1 Å². The first-order valence-corrected chi connectivity index (χ1v) is 4.81. The molecule has 0 N–H and O–H groups in total. The lowest BCUT2D eigenvalue weighted by atomic mass is 10.2. The van der Waals surface area contributed by atoms with E-state index in [1.807, 2.05) is 24.3 Å². The van der Waals surface area contributed by atoms with Crippen LogP contribution in [0.15, 0.2) is 39.5 Å². The molecule has 2 rings (SSSR count). The molecule has 0 aliphatic heterocycles. The number of rotatable bonds is 1. The number of aromatic nitrogens is 1. The normalized spacial score (nSPS) is 10.3. The second kappa shape index (κ2) is 3.52. The Balaban J connectivity index is 2.59. The predicted octanol–water partition coefficient (Wildman–Crippen LogP) is 3.76. The van der Waals surface area contributed by atoms with Crippen LogP contribution in [0.3, 0.4) is 0 Å². The minimum absolute atomic E-state index is 0.653. The molecule has 0 aliphatic carbocycles. The van der Waals surface area contributed by atoms with Gasteiger partial charge >= 0.3 is 0 Å². The third-order valence-electron chi connectivity index (χ3n) is 1.65. The minimum Gasteiger partial charge on any atom is -0.355 e. The molecule has 1 aromatic heterocycles. The zero-order valence-corrected chi connectivity index (χ0v) is 8.84. The summed E-state index contributed by atoms with van der Waals surface area (Å²) in [6, 6.07) is 7.46. The van der Waals surface area contributed by atoms with E-state index in [1.165, 1.54) is 0 Å². The molecule has 13 heavy (non-hydrogen) atoms. The van der Waals surface area contributed by atoms with Crippen LogP contribution in [0.2, 0.25) is 5.02 Å². The summed E-state index contributed by atoms with van der Waals surface area (Å²) in [7, 11) is 0. The predicted molar refractivity (Wildman–Crippen MR) is 54.6 cm³/mol. The summed E-state index contributed by atoms with van der Waals surface area (Å²) in [5.41, 5.74) is 0.841. The quantitative estimate of drug-likeness (QED) is 0.778. The van der Waals surface area contributed by atoms with Crippen LogP contribution in [-0.4, -0.2) is 5.16 Å². The van der Waals surface area contributed by atoms with Crippen molar-refractivity contribution in [2.45, 2.75) is 0 Å². The van der Waals surface area contributed by atoms with Crippen LogP contribution in [0.5, 0.6) is 0 Å². The smallest absolute Gasteiger partial charge is 0.182 e. The molecule has 2 nitrogen and oxygen atoms in total. The van der Waals surface area contributed by atoms with Gasteiger partial charge in [0.25, 0.3) is 0 Å². The van der Waals surface area contributed by atoms with Crippen molar-refractivity contribution in [1.29, 1.82) is 0 Å². The molecule has 2 aromatic rings. The Morgan fingerprint density at radius 1 is 1.31 bits per heavy atom. The zero-order valence-electron chi connectivity index (χ0n) is 6.50. The molecule has 0 fully saturated rings. The highest BCUT2D eigenvalue weighted by atomic mass is 79.9. The van der Waals surface area contributed by atoms with Crippen LogP contribution >= 0.6 is 27.5 Å². The lowest BCUT2D eigenvalue weighted by molar-refractivity contribution is 0.432. The van der Waals surface area contributed by atoms with Gasteiger partial charge in [0, 0.05) is 5.56 Å². The van der Waals surface area contributed by atoms with Gasteiger partial charge in [-0.3, -0.25) is 0 Å². The topological polar surface area (TPSA) is 26.0 Å². The fourth-order valence-corrected chi connectivity index (χ4v) is 1.64. The Labute approximate surface area is 88.6 Å². The Bertz CT molecular complexity index is 427. The van der Waals surface area contributed by atoms with Gasteiger partial charge in [0.2, 0.25) is 0 Å². The van der Waals surface area contributed by atoms with E-state index >= 15 is 0 Å². The van der Waals surface area contributed by atoms with Gasteiger partial charge in [0.15, 0.2) is 5.76 Å². The van der Waals surface area contributed by atoms with Gasteiger partial charge in [-0.25, -0.2) is 0 Å². The molecule has 0 unspecified atom stereocenters. The molecule has 0 spiro atoms. The van der Waals surface area contributed by atoms with Crippen molar-refractivity contribution in [1.82, 2.24) is 5.16 Å². The van der Waals surface area contributed by atoms with Crippen LogP contribution in [-0.2, 0) is 0 Å². The molecular weight excluding hydrogens is 253 g/mol. The van der Waals surface area contributed by atoms with Crippen LogP contribution in [0.25, 0.3) is 11.3 Å². The van der Waals surface area contributed by atoms with E-state index in [9.17, 15) is 0 Å². The lowest BCUT2D eigenvalue weighted by Crippen LogP contribution is -1.75. The van der Waals surface area contributed by atoms with Crippen molar-refractivity contribution >= 4 is 27.5 Å². The van der Waals surface area contributed by atoms with Crippen molar-refractivity contribution in [3.8, 4) is 11.3 Å². The lowest BCUT2D eigenvalue weighted by Gasteiger charge is -1.98. The van der Waals surface area contributed by atoms with Crippen molar-refractivity contribution < 1.29 is 4.52 Å². The molecule has 0 saturated heterocycles. The molecule has 1 heterocycles. The summed E-state index contributed by atoms with van der Waals surface area (Å²) in [5, 5.41) is 4.31. The van der Waals surface area contributed by atoms with Crippen molar-refractivity contribution in [2.75, 3.05) is 0 Å². The Kier molecular flexibility index (Phi) is 2.38. The molecule has 0 atom stereocenters. The highest BCUT2D eigenvalue weighted by Gasteiger charge is 2.10. The second-order valence-corrected chi connectivity index (χ2v) is 3.74. The van der Waals surface area contributed by atoms with Crippen LogP contribution in [0.4, 0.5) is 0 Å². The summed E-state index contributed by atoms with van der Waals surface area (Å²) in [4.78, 5) is 0. The van der Waals surface area contributed by atoms with Gasteiger partial charge in [-0.1, -0.05) is 28.9 Å². The van der Waals surface area contributed by atoms with Gasteiger partial charge in [0.1, 0.15) is 0 Å². The molecule has 66 valence electrons. The van der Waals surface area contributed by atoms with Gasteiger partial charge in [0.05, 0.1) is 15.7 Å². The first kappa shape index (κ1) is 8.78. The fraction of sp³-hybridized carbons (Fsp3) is 0. The Morgan fingerprint density at radius 3 is 2.69 bits per heavy atom. The first-order chi connectivity index (χ1) is 6.29. The highest BCUT2D eigenvalue weighted by molar-refractivity contribution is 9.10. The summed E-state index contributed by atoms with van der Waals surface area (Å²) in [5.74, 6) is 0.658. The van der Waals surface area contributed by atoms with Crippen LogP contribution < -0.4 is 0 Å². The van der Waals surface area contributed by atoms with Crippen LogP contribution in [0, 0.1) is 0 Å². The Morgan fingerprint density at radius 2 is 2.08 bits per heavy atom. The van der Waals surface area contributed by atoms with Crippen molar-refractivity contribution in [3.05, 3.63) is 40.0 Å². The summed E-state index contributed by atoms with van der Waals surface area (Å²) in [6.07, 6.45) is 1.60. The van der Waals surface area contributed by atoms with E-state index < -0.39 is 0 Å². The van der Waals surface area contributed by atoms with E-state index in [0.717, 1.165) is 10.0 Å². The largest absolute Gasteiger partial charge is 0.355 e. The maximum Gasteiger partial charge on any atom is 0.182 e. The second-order valence-electron chi connectivity index (χ2n) is 2.48. The minimum atomic E-state index is 0.653. The average molecular weight is 259 g/mol. The third-order valence-corrected chi connectivity index (χ3v) is 2.54. The standard InChI is InChI=1S/C9H5BrClNO/c10-7-5-12-13-9(7)6-3-1-2-4-8(6)11/h1-5H. The maximum atomic E-state index is 5.98. The SMILES string of the molecule is Clc1ccccc1-c1oncc1Br. The van der Waals surface area contributed by atoms with Crippen molar-refractivity contribution in [3.63, 3.8) is 0 Å². The van der Waals surface area contributed by atoms with Crippen molar-refractivity contribution in [2.24, 2.45) is 0 Å². The zero-order chi connectivity index (χ0) is 9.26.